The highest BCUT2D eigenvalue weighted by atomic mass is 35.5. The van der Waals surface area contributed by atoms with Crippen molar-refractivity contribution in [1.29, 1.82) is 0 Å². The SMILES string of the molecule is CCNC(CCN1CCCC(CO)C1)c1ccc(Cl)cc1. The average molecular weight is 311 g/mol. The summed E-state index contributed by atoms with van der Waals surface area (Å²) in [7, 11) is 0. The maximum absolute atomic E-state index is 9.32. The summed E-state index contributed by atoms with van der Waals surface area (Å²) in [5.74, 6) is 0.465. The van der Waals surface area contributed by atoms with Crippen LogP contribution in [0.4, 0.5) is 0 Å². The first-order valence-corrected chi connectivity index (χ1v) is 8.42. The number of piperidine rings is 1. The highest BCUT2D eigenvalue weighted by Gasteiger charge is 2.20. The largest absolute Gasteiger partial charge is 0.396 e. The lowest BCUT2D eigenvalue weighted by Crippen LogP contribution is -2.38. The molecule has 0 amide bonds. The highest BCUT2D eigenvalue weighted by Crippen LogP contribution is 2.22. The first kappa shape index (κ1) is 16.8. The zero-order valence-corrected chi connectivity index (χ0v) is 13.6. The quantitative estimate of drug-likeness (QED) is 0.812. The van der Waals surface area contributed by atoms with Gasteiger partial charge in [0.15, 0.2) is 0 Å². The van der Waals surface area contributed by atoms with Crippen molar-refractivity contribution in [2.45, 2.75) is 32.2 Å². The van der Waals surface area contributed by atoms with E-state index in [0.29, 0.717) is 18.6 Å². The zero-order chi connectivity index (χ0) is 15.1. The highest BCUT2D eigenvalue weighted by molar-refractivity contribution is 6.30. The van der Waals surface area contributed by atoms with Gasteiger partial charge in [-0.25, -0.2) is 0 Å². The van der Waals surface area contributed by atoms with Crippen molar-refractivity contribution in [3.05, 3.63) is 34.9 Å². The Bertz CT molecular complexity index is 410. The molecule has 2 N–H and O–H groups in total. The Morgan fingerprint density at radius 1 is 1.38 bits per heavy atom. The Morgan fingerprint density at radius 2 is 2.14 bits per heavy atom. The van der Waals surface area contributed by atoms with E-state index in [-0.39, 0.29) is 0 Å². The van der Waals surface area contributed by atoms with E-state index in [4.69, 9.17) is 11.6 Å². The molecule has 1 heterocycles. The molecule has 4 heteroatoms. The molecule has 118 valence electrons. The lowest BCUT2D eigenvalue weighted by atomic mass is 9.98. The fourth-order valence-electron chi connectivity index (χ4n) is 3.14. The first-order chi connectivity index (χ1) is 10.2. The summed E-state index contributed by atoms with van der Waals surface area (Å²) in [5, 5.41) is 13.7. The number of hydrogen-bond donors (Lipinski definition) is 2. The van der Waals surface area contributed by atoms with Crippen molar-refractivity contribution in [2.75, 3.05) is 32.8 Å². The molecule has 0 bridgehead atoms. The molecule has 1 saturated heterocycles. The fourth-order valence-corrected chi connectivity index (χ4v) is 3.27. The summed E-state index contributed by atoms with van der Waals surface area (Å²) in [4.78, 5) is 2.49. The summed E-state index contributed by atoms with van der Waals surface area (Å²) in [5.41, 5.74) is 1.30. The van der Waals surface area contributed by atoms with Gasteiger partial charge in [0, 0.05) is 24.2 Å². The van der Waals surface area contributed by atoms with Crippen LogP contribution in [0, 0.1) is 5.92 Å². The van der Waals surface area contributed by atoms with Gasteiger partial charge in [0.1, 0.15) is 0 Å². The van der Waals surface area contributed by atoms with Gasteiger partial charge in [0.2, 0.25) is 0 Å². The minimum atomic E-state index is 0.324. The molecule has 1 fully saturated rings. The minimum absolute atomic E-state index is 0.324. The van der Waals surface area contributed by atoms with Crippen molar-refractivity contribution in [1.82, 2.24) is 10.2 Å². The Kier molecular flexibility index (Phi) is 6.97. The minimum Gasteiger partial charge on any atom is -0.396 e. The molecule has 1 aliphatic rings. The van der Waals surface area contributed by atoms with Crippen molar-refractivity contribution < 1.29 is 5.11 Å². The van der Waals surface area contributed by atoms with E-state index < -0.39 is 0 Å². The summed E-state index contributed by atoms with van der Waals surface area (Å²) >= 11 is 5.97. The van der Waals surface area contributed by atoms with Gasteiger partial charge in [-0.3, -0.25) is 0 Å². The third kappa shape index (κ3) is 5.26. The topological polar surface area (TPSA) is 35.5 Å². The average Bonchev–Trinajstić information content (AvgIpc) is 2.52. The van der Waals surface area contributed by atoms with Crippen LogP contribution in [0.1, 0.15) is 37.8 Å². The summed E-state index contributed by atoms with van der Waals surface area (Å²) in [6.45, 7) is 6.71. The number of benzene rings is 1. The van der Waals surface area contributed by atoms with E-state index in [1.807, 2.05) is 12.1 Å². The van der Waals surface area contributed by atoms with Gasteiger partial charge < -0.3 is 15.3 Å². The number of halogens is 1. The number of likely N-dealkylation sites (tertiary alicyclic amines) is 1. The number of aliphatic hydroxyl groups excluding tert-OH is 1. The predicted molar refractivity (Wildman–Crippen MR) is 88.7 cm³/mol. The van der Waals surface area contributed by atoms with Gasteiger partial charge in [-0.15, -0.1) is 0 Å². The Morgan fingerprint density at radius 3 is 2.81 bits per heavy atom. The van der Waals surface area contributed by atoms with Crippen LogP contribution in [0.2, 0.25) is 5.02 Å². The van der Waals surface area contributed by atoms with Crippen LogP contribution in [-0.4, -0.2) is 42.8 Å². The van der Waals surface area contributed by atoms with Crippen LogP contribution in [0.3, 0.4) is 0 Å². The van der Waals surface area contributed by atoms with E-state index in [1.54, 1.807) is 0 Å². The third-order valence-corrected chi connectivity index (χ3v) is 4.57. The molecule has 2 rings (SSSR count). The van der Waals surface area contributed by atoms with Gasteiger partial charge in [0.25, 0.3) is 0 Å². The molecule has 1 aromatic carbocycles. The van der Waals surface area contributed by atoms with E-state index in [0.717, 1.165) is 37.6 Å². The number of hydrogen-bond acceptors (Lipinski definition) is 3. The van der Waals surface area contributed by atoms with E-state index >= 15 is 0 Å². The van der Waals surface area contributed by atoms with Crippen LogP contribution in [0.25, 0.3) is 0 Å². The van der Waals surface area contributed by atoms with Gasteiger partial charge in [-0.1, -0.05) is 30.7 Å². The van der Waals surface area contributed by atoms with Gasteiger partial charge in [-0.05, 0) is 62.5 Å². The molecule has 21 heavy (non-hydrogen) atoms. The number of rotatable bonds is 7. The maximum atomic E-state index is 9.32. The van der Waals surface area contributed by atoms with E-state index in [1.165, 1.54) is 18.4 Å². The van der Waals surface area contributed by atoms with Gasteiger partial charge in [-0.2, -0.15) is 0 Å². The summed E-state index contributed by atoms with van der Waals surface area (Å²) in [6.07, 6.45) is 3.46. The normalized spacial score (nSPS) is 21.4. The Labute approximate surface area is 133 Å². The second-order valence-electron chi connectivity index (χ2n) is 5.94. The van der Waals surface area contributed by atoms with E-state index in [2.05, 4.69) is 29.3 Å². The number of nitrogens with one attached hydrogen (secondary N) is 1. The molecule has 0 spiro atoms. The molecule has 0 radical (unpaired) electrons. The van der Waals surface area contributed by atoms with Gasteiger partial charge >= 0.3 is 0 Å². The lowest BCUT2D eigenvalue weighted by molar-refractivity contribution is 0.117. The molecule has 1 aliphatic heterocycles. The van der Waals surface area contributed by atoms with Crippen LogP contribution >= 0.6 is 11.6 Å². The number of nitrogens with zero attached hydrogens (tertiary/aromatic N) is 1. The third-order valence-electron chi connectivity index (χ3n) is 4.32. The second kappa shape index (κ2) is 8.74. The Balaban J connectivity index is 1.89. The second-order valence-corrected chi connectivity index (χ2v) is 6.38. The van der Waals surface area contributed by atoms with Crippen molar-refractivity contribution >= 4 is 11.6 Å². The monoisotopic (exact) mass is 310 g/mol. The molecular weight excluding hydrogens is 284 g/mol. The maximum Gasteiger partial charge on any atom is 0.0471 e. The van der Waals surface area contributed by atoms with Crippen LogP contribution in [0.5, 0.6) is 0 Å². The first-order valence-electron chi connectivity index (χ1n) is 8.05. The predicted octanol–water partition coefficient (Wildman–Crippen LogP) is 3.09. The van der Waals surface area contributed by atoms with Crippen LogP contribution in [-0.2, 0) is 0 Å². The molecule has 0 aromatic heterocycles. The molecular formula is C17H27ClN2O. The summed E-state index contributed by atoms with van der Waals surface area (Å²) < 4.78 is 0. The smallest absolute Gasteiger partial charge is 0.0471 e. The molecule has 0 aliphatic carbocycles. The Hall–Kier alpha value is -0.610. The standard InChI is InChI=1S/C17H27ClN2O/c1-2-19-17(15-5-7-16(18)8-6-15)9-11-20-10-3-4-14(12-20)13-21/h5-8,14,17,19,21H,2-4,9-13H2,1H3. The van der Waals surface area contributed by atoms with Crippen LogP contribution < -0.4 is 5.32 Å². The zero-order valence-electron chi connectivity index (χ0n) is 12.9. The van der Waals surface area contributed by atoms with Crippen molar-refractivity contribution in [2.24, 2.45) is 5.92 Å². The van der Waals surface area contributed by atoms with Crippen molar-refractivity contribution in [3.63, 3.8) is 0 Å². The molecule has 2 unspecified atom stereocenters. The molecule has 1 aromatic rings. The van der Waals surface area contributed by atoms with Crippen LogP contribution in [0.15, 0.2) is 24.3 Å². The summed E-state index contributed by atoms with van der Waals surface area (Å²) in [6, 6.07) is 8.53. The molecule has 2 atom stereocenters. The molecule has 0 saturated carbocycles. The molecule has 3 nitrogen and oxygen atoms in total. The van der Waals surface area contributed by atoms with Gasteiger partial charge in [0.05, 0.1) is 0 Å². The van der Waals surface area contributed by atoms with Crippen molar-refractivity contribution in [3.8, 4) is 0 Å². The number of aliphatic hydroxyl groups is 1. The lowest BCUT2D eigenvalue weighted by Gasteiger charge is -2.33. The van der Waals surface area contributed by atoms with E-state index in [9.17, 15) is 5.11 Å². The fraction of sp³-hybridized carbons (Fsp3) is 0.647.